The molecule has 5 heteroatoms. The van der Waals surface area contributed by atoms with Crippen LogP contribution in [0.15, 0.2) is 28.7 Å². The number of rotatable bonds is 3. The van der Waals surface area contributed by atoms with Gasteiger partial charge in [-0.1, -0.05) is 15.9 Å². The summed E-state index contributed by atoms with van der Waals surface area (Å²) < 4.78 is 6.49. The zero-order chi connectivity index (χ0) is 13.0. The number of carbonyl (C=O) groups is 1. The van der Waals surface area contributed by atoms with Crippen LogP contribution in [-0.2, 0) is 4.79 Å². The van der Waals surface area contributed by atoms with E-state index in [1.54, 1.807) is 0 Å². The van der Waals surface area contributed by atoms with Gasteiger partial charge in [-0.15, -0.1) is 0 Å². The lowest BCUT2D eigenvalue weighted by molar-refractivity contribution is -0.136. The van der Waals surface area contributed by atoms with Crippen LogP contribution in [0.2, 0.25) is 0 Å². The lowest BCUT2D eigenvalue weighted by Gasteiger charge is -2.33. The average molecular weight is 313 g/mol. The molecular weight excluding hydrogens is 296 g/mol. The number of ether oxygens (including phenoxy) is 1. The van der Waals surface area contributed by atoms with E-state index in [4.69, 9.17) is 4.74 Å². The van der Waals surface area contributed by atoms with Gasteiger partial charge in [-0.25, -0.2) is 0 Å². The second-order valence-corrected chi connectivity index (χ2v) is 5.30. The number of piperazine rings is 1. The highest BCUT2D eigenvalue weighted by Gasteiger charge is 2.22. The summed E-state index contributed by atoms with van der Waals surface area (Å²) in [5.41, 5.74) is 0. The highest BCUT2D eigenvalue weighted by Crippen LogP contribution is 2.16. The Labute approximate surface area is 115 Å². The molecule has 0 spiro atoms. The van der Waals surface area contributed by atoms with Crippen LogP contribution in [0, 0.1) is 0 Å². The third-order valence-electron chi connectivity index (χ3n) is 3.00. The minimum absolute atomic E-state index is 0.0481. The van der Waals surface area contributed by atoms with E-state index < -0.39 is 0 Å². The summed E-state index contributed by atoms with van der Waals surface area (Å²) >= 11 is 3.36. The molecule has 0 saturated carbocycles. The van der Waals surface area contributed by atoms with Crippen LogP contribution in [0.3, 0.4) is 0 Å². The Balaban J connectivity index is 1.85. The summed E-state index contributed by atoms with van der Waals surface area (Å²) in [6.45, 7) is 4.61. The van der Waals surface area contributed by atoms with Crippen LogP contribution in [0.1, 0.15) is 6.92 Å². The maximum absolute atomic E-state index is 12.0. The van der Waals surface area contributed by atoms with E-state index >= 15 is 0 Å². The van der Waals surface area contributed by atoms with Gasteiger partial charge in [-0.2, -0.15) is 0 Å². The van der Waals surface area contributed by atoms with E-state index in [-0.39, 0.29) is 18.6 Å². The van der Waals surface area contributed by atoms with E-state index in [9.17, 15) is 4.79 Å². The lowest BCUT2D eigenvalue weighted by Crippen LogP contribution is -2.53. The van der Waals surface area contributed by atoms with Crippen molar-refractivity contribution in [2.24, 2.45) is 0 Å². The summed E-state index contributed by atoms with van der Waals surface area (Å²) in [5, 5.41) is 3.26. The molecule has 1 atom stereocenters. The van der Waals surface area contributed by atoms with Crippen LogP contribution in [-0.4, -0.2) is 43.1 Å². The molecule has 1 amide bonds. The van der Waals surface area contributed by atoms with Crippen LogP contribution in [0.4, 0.5) is 0 Å². The molecule has 1 saturated heterocycles. The maximum Gasteiger partial charge on any atom is 0.260 e. The van der Waals surface area contributed by atoms with Gasteiger partial charge in [0.2, 0.25) is 0 Å². The first-order valence-electron chi connectivity index (χ1n) is 6.05. The zero-order valence-electron chi connectivity index (χ0n) is 10.4. The number of hydrogen-bond acceptors (Lipinski definition) is 3. The van der Waals surface area contributed by atoms with Crippen molar-refractivity contribution in [2.75, 3.05) is 26.2 Å². The molecule has 1 aromatic carbocycles. The summed E-state index contributed by atoms with van der Waals surface area (Å²) in [4.78, 5) is 13.9. The number of nitrogens with zero attached hydrogens (tertiary/aromatic N) is 1. The normalized spacial score (nSPS) is 19.7. The van der Waals surface area contributed by atoms with Crippen molar-refractivity contribution in [3.8, 4) is 5.75 Å². The van der Waals surface area contributed by atoms with Gasteiger partial charge in [0.15, 0.2) is 6.61 Å². The number of carbonyl (C=O) groups excluding carboxylic acids is 1. The predicted octanol–water partition coefficient (Wildman–Crippen LogP) is 1.65. The van der Waals surface area contributed by atoms with Crippen molar-refractivity contribution in [1.29, 1.82) is 0 Å². The summed E-state index contributed by atoms with van der Waals surface area (Å²) in [5.74, 6) is 0.765. The molecule has 1 N–H and O–H groups in total. The largest absolute Gasteiger partial charge is 0.484 e. The molecule has 98 valence electrons. The van der Waals surface area contributed by atoms with Gasteiger partial charge in [-0.3, -0.25) is 4.79 Å². The average Bonchev–Trinajstić information content (AvgIpc) is 2.38. The highest BCUT2D eigenvalue weighted by molar-refractivity contribution is 9.10. The van der Waals surface area contributed by atoms with Crippen molar-refractivity contribution < 1.29 is 9.53 Å². The molecule has 2 rings (SSSR count). The first-order valence-corrected chi connectivity index (χ1v) is 6.84. The molecule has 1 aromatic rings. The second kappa shape index (κ2) is 6.20. The Morgan fingerprint density at radius 2 is 2.22 bits per heavy atom. The third-order valence-corrected chi connectivity index (χ3v) is 3.53. The molecule has 0 radical (unpaired) electrons. The number of amides is 1. The molecule has 1 unspecified atom stereocenters. The molecule has 4 nitrogen and oxygen atoms in total. The molecule has 0 aliphatic carbocycles. The van der Waals surface area contributed by atoms with Crippen molar-refractivity contribution in [1.82, 2.24) is 10.2 Å². The Bertz CT molecular complexity index is 408. The Hall–Kier alpha value is -1.07. The van der Waals surface area contributed by atoms with Crippen LogP contribution in [0.25, 0.3) is 0 Å². The minimum Gasteiger partial charge on any atom is -0.484 e. The van der Waals surface area contributed by atoms with E-state index in [1.807, 2.05) is 36.1 Å². The smallest absolute Gasteiger partial charge is 0.260 e. The Kier molecular flexibility index (Phi) is 4.60. The van der Waals surface area contributed by atoms with Crippen LogP contribution in [0.5, 0.6) is 5.75 Å². The maximum atomic E-state index is 12.0. The van der Waals surface area contributed by atoms with Gasteiger partial charge in [0.05, 0.1) is 0 Å². The first-order chi connectivity index (χ1) is 8.66. The van der Waals surface area contributed by atoms with Crippen molar-refractivity contribution in [3.05, 3.63) is 28.7 Å². The van der Waals surface area contributed by atoms with Crippen LogP contribution < -0.4 is 10.1 Å². The lowest BCUT2D eigenvalue weighted by atomic mass is 10.2. The van der Waals surface area contributed by atoms with Gasteiger partial charge < -0.3 is 15.0 Å². The van der Waals surface area contributed by atoms with E-state index in [2.05, 4.69) is 21.2 Å². The molecule has 0 bridgehead atoms. The fraction of sp³-hybridized carbons (Fsp3) is 0.462. The third kappa shape index (κ3) is 3.46. The van der Waals surface area contributed by atoms with Gasteiger partial charge in [0.1, 0.15) is 5.75 Å². The standard InChI is InChI=1S/C13H17BrN2O2/c1-10-8-15-6-7-16(10)13(17)9-18-12-4-2-11(14)3-5-12/h2-5,10,15H,6-9H2,1H3. The molecule has 1 heterocycles. The first kappa shape index (κ1) is 13.4. The molecule has 1 aliphatic rings. The molecule has 0 aromatic heterocycles. The van der Waals surface area contributed by atoms with Gasteiger partial charge in [0, 0.05) is 30.1 Å². The SMILES string of the molecule is CC1CNCCN1C(=O)COc1ccc(Br)cc1. The highest BCUT2D eigenvalue weighted by atomic mass is 79.9. The fourth-order valence-electron chi connectivity index (χ4n) is 1.97. The number of nitrogens with one attached hydrogen (secondary N) is 1. The Morgan fingerprint density at radius 1 is 1.50 bits per heavy atom. The predicted molar refractivity (Wildman–Crippen MR) is 73.7 cm³/mol. The summed E-state index contributed by atoms with van der Waals surface area (Å²) in [6, 6.07) is 7.72. The second-order valence-electron chi connectivity index (χ2n) is 4.38. The van der Waals surface area contributed by atoms with E-state index in [0.717, 1.165) is 24.1 Å². The minimum atomic E-state index is 0.0481. The molecule has 1 fully saturated rings. The molecular formula is C13H17BrN2O2. The number of hydrogen-bond donors (Lipinski definition) is 1. The molecule has 1 aliphatic heterocycles. The zero-order valence-corrected chi connectivity index (χ0v) is 11.9. The Morgan fingerprint density at radius 3 is 2.89 bits per heavy atom. The topological polar surface area (TPSA) is 41.6 Å². The number of benzene rings is 1. The van der Waals surface area contributed by atoms with Crippen molar-refractivity contribution >= 4 is 21.8 Å². The van der Waals surface area contributed by atoms with E-state index in [1.165, 1.54) is 0 Å². The fourth-order valence-corrected chi connectivity index (χ4v) is 2.23. The number of halogens is 1. The van der Waals surface area contributed by atoms with Crippen molar-refractivity contribution in [3.63, 3.8) is 0 Å². The summed E-state index contributed by atoms with van der Waals surface area (Å²) in [6.07, 6.45) is 0. The van der Waals surface area contributed by atoms with E-state index in [0.29, 0.717) is 5.75 Å². The molecule has 18 heavy (non-hydrogen) atoms. The van der Waals surface area contributed by atoms with Crippen LogP contribution >= 0.6 is 15.9 Å². The monoisotopic (exact) mass is 312 g/mol. The van der Waals surface area contributed by atoms with Gasteiger partial charge >= 0.3 is 0 Å². The van der Waals surface area contributed by atoms with Gasteiger partial charge in [0.25, 0.3) is 5.91 Å². The quantitative estimate of drug-likeness (QED) is 0.922. The van der Waals surface area contributed by atoms with Crippen molar-refractivity contribution in [2.45, 2.75) is 13.0 Å². The van der Waals surface area contributed by atoms with Gasteiger partial charge in [-0.05, 0) is 31.2 Å². The summed E-state index contributed by atoms with van der Waals surface area (Å²) in [7, 11) is 0.